The van der Waals surface area contributed by atoms with Crippen LogP contribution in [0.1, 0.15) is 36.1 Å². The number of ether oxygens (including phenoxy) is 3. The molecule has 0 aliphatic carbocycles. The van der Waals surface area contributed by atoms with Gasteiger partial charge in [0.05, 0.1) is 43.6 Å². The summed E-state index contributed by atoms with van der Waals surface area (Å²) in [5, 5.41) is 2.74. The highest BCUT2D eigenvalue weighted by Crippen LogP contribution is 2.45. The summed E-state index contributed by atoms with van der Waals surface area (Å²) in [4.78, 5) is 34.9. The highest BCUT2D eigenvalue weighted by Gasteiger charge is 2.42. The number of nitrogens with zero attached hydrogens (tertiary/aromatic N) is 3. The third-order valence-electron chi connectivity index (χ3n) is 6.16. The van der Waals surface area contributed by atoms with Crippen molar-refractivity contribution < 1.29 is 23.8 Å². The van der Waals surface area contributed by atoms with Crippen LogP contribution in [0.4, 0.5) is 0 Å². The second-order valence-electron chi connectivity index (χ2n) is 8.55. The number of carbonyl (C=O) groups is 2. The molecule has 1 aromatic rings. The normalized spacial score (nSPS) is 20.2. The quantitative estimate of drug-likeness (QED) is 0.433. The van der Waals surface area contributed by atoms with Gasteiger partial charge >= 0.3 is 5.97 Å². The van der Waals surface area contributed by atoms with E-state index in [-0.39, 0.29) is 18.9 Å². The molecule has 1 saturated heterocycles. The van der Waals surface area contributed by atoms with Crippen molar-refractivity contribution in [2.75, 3.05) is 46.6 Å². The van der Waals surface area contributed by atoms with Crippen LogP contribution in [0.3, 0.4) is 0 Å². The standard InChI is InChI=1S/C25H31N3O5S/c1-16-5-6-20(17(2)13-16)23-22(24(30)33-12-11-31-4)18(3)26-25-28(23)19(15-34-25)14-21(29)27-7-9-32-10-8-27/h5-6,13,15,23H,7-12,14H2,1-4H3/t23-/m1/s1. The Morgan fingerprint density at radius 3 is 2.65 bits per heavy atom. The third kappa shape index (κ3) is 5.06. The summed E-state index contributed by atoms with van der Waals surface area (Å²) in [6.45, 7) is 8.71. The number of allylic oxidation sites excluding steroid dienone is 1. The van der Waals surface area contributed by atoms with Gasteiger partial charge in [0.2, 0.25) is 5.91 Å². The molecule has 0 N–H and O–H groups in total. The van der Waals surface area contributed by atoms with Gasteiger partial charge in [-0.15, -0.1) is 0 Å². The zero-order valence-electron chi connectivity index (χ0n) is 20.1. The average molecular weight is 486 g/mol. The van der Waals surface area contributed by atoms with E-state index in [1.165, 1.54) is 11.8 Å². The average Bonchev–Trinajstić information content (AvgIpc) is 3.21. The Bertz CT molecular complexity index is 1060. The lowest BCUT2D eigenvalue weighted by Gasteiger charge is -2.37. The van der Waals surface area contributed by atoms with Crippen LogP contribution in [-0.4, -0.2) is 73.5 Å². The molecule has 182 valence electrons. The number of carbonyl (C=O) groups excluding carboxylic acids is 2. The number of hydrogen-bond donors (Lipinski definition) is 0. The van der Waals surface area contributed by atoms with Crippen molar-refractivity contribution in [1.82, 2.24) is 9.80 Å². The molecule has 9 heteroatoms. The van der Waals surface area contributed by atoms with Crippen LogP contribution >= 0.6 is 11.8 Å². The topological polar surface area (TPSA) is 80.7 Å². The number of morpholine rings is 1. The molecule has 0 unspecified atom stereocenters. The second-order valence-corrected chi connectivity index (χ2v) is 9.39. The maximum absolute atomic E-state index is 13.3. The Morgan fingerprint density at radius 1 is 1.18 bits per heavy atom. The zero-order chi connectivity index (χ0) is 24.2. The van der Waals surface area contributed by atoms with Crippen LogP contribution in [0.15, 0.2) is 45.6 Å². The van der Waals surface area contributed by atoms with Crippen LogP contribution in [-0.2, 0) is 23.8 Å². The van der Waals surface area contributed by atoms with E-state index in [1.807, 2.05) is 42.0 Å². The first-order valence-electron chi connectivity index (χ1n) is 11.4. The summed E-state index contributed by atoms with van der Waals surface area (Å²) < 4.78 is 16.0. The SMILES string of the molecule is COCCOC(=O)C1=C(C)N=C2SC=C(CC(=O)N3CCOCC3)N2[C@@H]1c1ccc(C)cc1C. The molecule has 0 radical (unpaired) electrons. The Balaban J connectivity index is 1.69. The Hall–Kier alpha value is -2.62. The van der Waals surface area contributed by atoms with E-state index in [0.717, 1.165) is 27.6 Å². The summed E-state index contributed by atoms with van der Waals surface area (Å²) in [5.41, 5.74) is 5.14. The van der Waals surface area contributed by atoms with Gasteiger partial charge in [0.1, 0.15) is 6.61 Å². The molecule has 0 aromatic heterocycles. The molecule has 0 spiro atoms. The predicted molar refractivity (Wildman–Crippen MR) is 131 cm³/mol. The number of aryl methyl sites for hydroxylation is 2. The fraction of sp³-hybridized carbons (Fsp3) is 0.480. The number of methoxy groups -OCH3 is 1. The molecule has 3 heterocycles. The number of amides is 1. The van der Waals surface area contributed by atoms with Crippen molar-refractivity contribution in [3.63, 3.8) is 0 Å². The highest BCUT2D eigenvalue weighted by molar-refractivity contribution is 8.16. The molecule has 1 amide bonds. The number of fused-ring (bicyclic) bond motifs is 1. The minimum Gasteiger partial charge on any atom is -0.460 e. The number of rotatable bonds is 7. The van der Waals surface area contributed by atoms with Crippen LogP contribution in [0.25, 0.3) is 0 Å². The summed E-state index contributed by atoms with van der Waals surface area (Å²) in [5.74, 6) is -0.371. The van der Waals surface area contributed by atoms with Crippen LogP contribution in [0.5, 0.6) is 0 Å². The molecule has 4 rings (SSSR count). The third-order valence-corrected chi connectivity index (χ3v) is 7.05. The van der Waals surface area contributed by atoms with E-state index in [1.54, 1.807) is 7.11 Å². The van der Waals surface area contributed by atoms with Gasteiger partial charge in [-0.2, -0.15) is 0 Å². The minimum absolute atomic E-state index is 0.0475. The fourth-order valence-electron chi connectivity index (χ4n) is 4.43. The van der Waals surface area contributed by atoms with Gasteiger partial charge in [0.15, 0.2) is 5.17 Å². The van der Waals surface area contributed by atoms with Crippen molar-refractivity contribution in [1.29, 1.82) is 0 Å². The van der Waals surface area contributed by atoms with E-state index in [9.17, 15) is 9.59 Å². The van der Waals surface area contributed by atoms with Crippen LogP contribution < -0.4 is 0 Å². The Kier molecular flexibility index (Phi) is 7.75. The first-order valence-corrected chi connectivity index (χ1v) is 12.3. The molecular weight excluding hydrogens is 454 g/mol. The second kappa shape index (κ2) is 10.8. The molecule has 3 aliphatic heterocycles. The largest absolute Gasteiger partial charge is 0.460 e. The highest BCUT2D eigenvalue weighted by atomic mass is 32.2. The first kappa shape index (κ1) is 24.5. The fourth-order valence-corrected chi connectivity index (χ4v) is 5.40. The maximum Gasteiger partial charge on any atom is 0.338 e. The smallest absolute Gasteiger partial charge is 0.338 e. The number of aliphatic imine (C=N–C) groups is 1. The maximum atomic E-state index is 13.3. The monoisotopic (exact) mass is 485 g/mol. The molecule has 34 heavy (non-hydrogen) atoms. The van der Waals surface area contributed by atoms with E-state index in [2.05, 4.69) is 12.1 Å². The van der Waals surface area contributed by atoms with Crippen molar-refractivity contribution in [2.24, 2.45) is 4.99 Å². The van der Waals surface area contributed by atoms with Crippen molar-refractivity contribution in [3.8, 4) is 0 Å². The van der Waals surface area contributed by atoms with Gasteiger partial charge in [0, 0.05) is 25.9 Å². The number of hydrogen-bond acceptors (Lipinski definition) is 8. The molecule has 3 aliphatic rings. The summed E-state index contributed by atoms with van der Waals surface area (Å²) in [6.07, 6.45) is 0.235. The van der Waals surface area contributed by atoms with E-state index >= 15 is 0 Å². The van der Waals surface area contributed by atoms with Gasteiger partial charge in [-0.1, -0.05) is 35.5 Å². The summed E-state index contributed by atoms with van der Waals surface area (Å²) in [7, 11) is 1.57. The number of thioether (sulfide) groups is 1. The van der Waals surface area contributed by atoms with Gasteiger partial charge in [-0.05, 0) is 37.3 Å². The Morgan fingerprint density at radius 2 is 1.94 bits per heavy atom. The van der Waals surface area contributed by atoms with Gasteiger partial charge in [-0.3, -0.25) is 4.79 Å². The van der Waals surface area contributed by atoms with Gasteiger partial charge < -0.3 is 24.0 Å². The van der Waals surface area contributed by atoms with Crippen LogP contribution in [0.2, 0.25) is 0 Å². The molecule has 0 saturated carbocycles. The number of esters is 1. The lowest BCUT2D eigenvalue weighted by atomic mass is 9.90. The number of benzene rings is 1. The number of amidine groups is 1. The van der Waals surface area contributed by atoms with Gasteiger partial charge in [-0.25, -0.2) is 9.79 Å². The lowest BCUT2D eigenvalue weighted by Crippen LogP contribution is -2.42. The predicted octanol–water partition coefficient (Wildman–Crippen LogP) is 3.32. The molecule has 8 nitrogen and oxygen atoms in total. The molecule has 1 aromatic carbocycles. The molecule has 0 bridgehead atoms. The van der Waals surface area contributed by atoms with Crippen LogP contribution in [0, 0.1) is 13.8 Å². The van der Waals surface area contributed by atoms with Gasteiger partial charge in [0.25, 0.3) is 0 Å². The summed E-state index contributed by atoms with van der Waals surface area (Å²) >= 11 is 1.48. The molecule has 1 fully saturated rings. The Labute approximate surface area is 204 Å². The van der Waals surface area contributed by atoms with Crippen molar-refractivity contribution in [3.05, 3.63) is 57.3 Å². The first-order chi connectivity index (χ1) is 16.4. The molecule has 1 atom stereocenters. The lowest BCUT2D eigenvalue weighted by molar-refractivity contribution is -0.141. The van der Waals surface area contributed by atoms with Crippen molar-refractivity contribution in [2.45, 2.75) is 33.2 Å². The zero-order valence-corrected chi connectivity index (χ0v) is 20.9. The van der Waals surface area contributed by atoms with E-state index in [0.29, 0.717) is 44.2 Å². The van der Waals surface area contributed by atoms with Crippen molar-refractivity contribution >= 4 is 28.8 Å². The summed E-state index contributed by atoms with van der Waals surface area (Å²) in [6, 6.07) is 5.78. The minimum atomic E-state index is -0.429. The van der Waals surface area contributed by atoms with E-state index < -0.39 is 12.0 Å². The van der Waals surface area contributed by atoms with E-state index in [4.69, 9.17) is 19.2 Å². The molecular formula is C25H31N3O5S.